The number of halogens is 1. The zero-order valence-corrected chi connectivity index (χ0v) is 13.9. The van der Waals surface area contributed by atoms with Gasteiger partial charge < -0.3 is 5.73 Å². The molecule has 1 heterocycles. The highest BCUT2D eigenvalue weighted by molar-refractivity contribution is 9.10. The van der Waals surface area contributed by atoms with Gasteiger partial charge in [-0.3, -0.25) is 4.90 Å². The van der Waals surface area contributed by atoms with Crippen LogP contribution in [0.5, 0.6) is 0 Å². The molecular formula is C12H17BrN2O2S2. The molecule has 0 aromatic heterocycles. The number of anilines is 1. The van der Waals surface area contributed by atoms with E-state index >= 15 is 0 Å². The molecule has 1 fully saturated rings. The molecule has 0 spiro atoms. The van der Waals surface area contributed by atoms with Crippen molar-refractivity contribution in [1.82, 2.24) is 4.90 Å². The van der Waals surface area contributed by atoms with E-state index in [1.807, 2.05) is 23.1 Å². The summed E-state index contributed by atoms with van der Waals surface area (Å²) in [6.45, 7) is 1.36. The summed E-state index contributed by atoms with van der Waals surface area (Å²) in [6, 6.07) is 5.73. The van der Waals surface area contributed by atoms with Crippen molar-refractivity contribution in [3.63, 3.8) is 0 Å². The molecule has 1 atom stereocenters. The van der Waals surface area contributed by atoms with E-state index in [9.17, 15) is 8.42 Å². The van der Waals surface area contributed by atoms with Crippen LogP contribution in [0.1, 0.15) is 5.56 Å². The van der Waals surface area contributed by atoms with E-state index < -0.39 is 15.2 Å². The van der Waals surface area contributed by atoms with E-state index in [2.05, 4.69) is 15.9 Å². The maximum absolute atomic E-state index is 11.8. The van der Waals surface area contributed by atoms with Gasteiger partial charge in [0, 0.05) is 41.0 Å². The number of nitrogen functional groups attached to an aromatic ring is 1. The number of nitrogens with two attached hydrogens (primary N) is 1. The lowest BCUT2D eigenvalue weighted by Gasteiger charge is -2.34. The van der Waals surface area contributed by atoms with Crippen LogP contribution in [0.4, 0.5) is 5.69 Å². The van der Waals surface area contributed by atoms with Gasteiger partial charge in [0.05, 0.1) is 0 Å². The van der Waals surface area contributed by atoms with Crippen LogP contribution < -0.4 is 5.73 Å². The first-order valence-electron chi connectivity index (χ1n) is 5.92. The number of rotatable bonds is 3. The Kier molecular flexibility index (Phi) is 4.81. The summed E-state index contributed by atoms with van der Waals surface area (Å²) >= 11 is 5.06. The average molecular weight is 365 g/mol. The average Bonchev–Trinajstić information content (AvgIpc) is 2.32. The molecule has 1 saturated heterocycles. The molecule has 106 valence electrons. The minimum Gasteiger partial charge on any atom is -0.398 e. The maximum Gasteiger partial charge on any atom is 0.164 e. The van der Waals surface area contributed by atoms with Gasteiger partial charge in [0.15, 0.2) is 9.84 Å². The second kappa shape index (κ2) is 6.03. The standard InChI is InChI=1S/C12H17BrN2O2S2/c1-19(16,17)12-8-18-5-4-15(12)7-9-2-3-10(13)6-11(9)14/h2-3,6,12H,4-5,7-8,14H2,1H3. The van der Waals surface area contributed by atoms with Crippen molar-refractivity contribution >= 4 is 43.2 Å². The maximum atomic E-state index is 11.8. The molecule has 19 heavy (non-hydrogen) atoms. The van der Waals surface area contributed by atoms with Crippen LogP contribution in [0.2, 0.25) is 0 Å². The molecule has 2 rings (SSSR count). The van der Waals surface area contributed by atoms with Gasteiger partial charge in [-0.05, 0) is 17.7 Å². The molecule has 0 amide bonds. The molecule has 2 N–H and O–H groups in total. The monoisotopic (exact) mass is 364 g/mol. The number of thioether (sulfide) groups is 1. The first kappa shape index (κ1) is 15.2. The Morgan fingerprint density at radius 3 is 2.89 bits per heavy atom. The van der Waals surface area contributed by atoms with E-state index in [-0.39, 0.29) is 0 Å². The number of nitrogens with zero attached hydrogens (tertiary/aromatic N) is 1. The van der Waals surface area contributed by atoms with E-state index in [0.717, 1.165) is 22.3 Å². The fourth-order valence-electron chi connectivity index (χ4n) is 2.12. The van der Waals surface area contributed by atoms with Crippen molar-refractivity contribution < 1.29 is 8.42 Å². The van der Waals surface area contributed by atoms with Gasteiger partial charge in [0.2, 0.25) is 0 Å². The van der Waals surface area contributed by atoms with Crippen LogP contribution in [-0.4, -0.2) is 43.0 Å². The lowest BCUT2D eigenvalue weighted by Crippen LogP contribution is -2.46. The Morgan fingerprint density at radius 1 is 1.53 bits per heavy atom. The van der Waals surface area contributed by atoms with Gasteiger partial charge in [0.1, 0.15) is 5.37 Å². The molecule has 1 aliphatic heterocycles. The number of benzene rings is 1. The smallest absolute Gasteiger partial charge is 0.164 e. The number of hydrogen-bond donors (Lipinski definition) is 1. The number of sulfone groups is 1. The minimum absolute atomic E-state index is 0.408. The quantitative estimate of drug-likeness (QED) is 0.830. The third-order valence-corrected chi connectivity index (χ3v) is 6.35. The fourth-order valence-corrected chi connectivity index (χ4v) is 5.44. The van der Waals surface area contributed by atoms with Crippen LogP contribution in [0.15, 0.2) is 22.7 Å². The van der Waals surface area contributed by atoms with Gasteiger partial charge in [-0.1, -0.05) is 22.0 Å². The van der Waals surface area contributed by atoms with Gasteiger partial charge in [-0.25, -0.2) is 8.42 Å². The van der Waals surface area contributed by atoms with Crippen LogP contribution in [0, 0.1) is 0 Å². The van der Waals surface area contributed by atoms with E-state index in [1.165, 1.54) is 6.26 Å². The van der Waals surface area contributed by atoms with Crippen molar-refractivity contribution in [3.8, 4) is 0 Å². The van der Waals surface area contributed by atoms with Crippen LogP contribution in [0.25, 0.3) is 0 Å². The van der Waals surface area contributed by atoms with Crippen molar-refractivity contribution in [2.45, 2.75) is 11.9 Å². The lowest BCUT2D eigenvalue weighted by atomic mass is 10.1. The minimum atomic E-state index is -3.06. The van der Waals surface area contributed by atoms with Gasteiger partial charge in [0.25, 0.3) is 0 Å². The summed E-state index contributed by atoms with van der Waals surface area (Å²) < 4.78 is 24.6. The Hall–Kier alpha value is -0.240. The molecule has 0 radical (unpaired) electrons. The first-order valence-corrected chi connectivity index (χ1v) is 9.83. The summed E-state index contributed by atoms with van der Waals surface area (Å²) in [5.74, 6) is 1.59. The van der Waals surface area contributed by atoms with Crippen molar-refractivity contribution in [2.75, 3.05) is 30.0 Å². The zero-order valence-electron chi connectivity index (χ0n) is 10.7. The highest BCUT2D eigenvalue weighted by Crippen LogP contribution is 2.25. The third-order valence-electron chi connectivity index (χ3n) is 3.17. The van der Waals surface area contributed by atoms with Crippen LogP contribution in [0.3, 0.4) is 0 Å². The van der Waals surface area contributed by atoms with Crippen LogP contribution >= 0.6 is 27.7 Å². The van der Waals surface area contributed by atoms with Gasteiger partial charge in [-0.2, -0.15) is 11.8 Å². The second-order valence-corrected chi connectivity index (χ2v) is 8.94. The van der Waals surface area contributed by atoms with E-state index in [1.54, 1.807) is 11.8 Å². The third kappa shape index (κ3) is 3.87. The topological polar surface area (TPSA) is 63.4 Å². The molecule has 7 heteroatoms. The molecule has 0 aliphatic carbocycles. The molecular weight excluding hydrogens is 348 g/mol. The Bertz CT molecular complexity index is 563. The molecule has 1 aromatic carbocycles. The molecule has 1 aliphatic rings. The van der Waals surface area contributed by atoms with Gasteiger partial charge >= 0.3 is 0 Å². The molecule has 0 bridgehead atoms. The molecule has 4 nitrogen and oxygen atoms in total. The highest BCUT2D eigenvalue weighted by atomic mass is 79.9. The summed E-state index contributed by atoms with van der Waals surface area (Å²) in [5.41, 5.74) is 7.65. The summed E-state index contributed by atoms with van der Waals surface area (Å²) in [6.07, 6.45) is 1.31. The summed E-state index contributed by atoms with van der Waals surface area (Å²) in [5, 5.41) is -0.408. The molecule has 1 aromatic rings. The van der Waals surface area contributed by atoms with E-state index in [4.69, 9.17) is 5.73 Å². The largest absolute Gasteiger partial charge is 0.398 e. The summed E-state index contributed by atoms with van der Waals surface area (Å²) in [7, 11) is -3.06. The molecule has 1 unspecified atom stereocenters. The van der Waals surface area contributed by atoms with Crippen molar-refractivity contribution in [1.29, 1.82) is 0 Å². The fraction of sp³-hybridized carbons (Fsp3) is 0.500. The van der Waals surface area contributed by atoms with Crippen molar-refractivity contribution in [2.24, 2.45) is 0 Å². The predicted molar refractivity (Wildman–Crippen MR) is 84.9 cm³/mol. The van der Waals surface area contributed by atoms with E-state index in [0.29, 0.717) is 18.0 Å². The first-order chi connectivity index (χ1) is 8.88. The Labute approximate surface area is 126 Å². The lowest BCUT2D eigenvalue weighted by molar-refractivity contribution is 0.262. The molecule has 0 saturated carbocycles. The van der Waals surface area contributed by atoms with Crippen molar-refractivity contribution in [3.05, 3.63) is 28.2 Å². The highest BCUT2D eigenvalue weighted by Gasteiger charge is 2.31. The Morgan fingerprint density at radius 2 is 2.26 bits per heavy atom. The van der Waals surface area contributed by atoms with Gasteiger partial charge in [-0.15, -0.1) is 0 Å². The van der Waals surface area contributed by atoms with Crippen LogP contribution in [-0.2, 0) is 16.4 Å². The zero-order chi connectivity index (χ0) is 14.0. The predicted octanol–water partition coefficient (Wildman–Crippen LogP) is 1.95. The second-order valence-electron chi connectivity index (χ2n) is 4.67. The SMILES string of the molecule is CS(=O)(=O)C1CSCCN1Cc1ccc(Br)cc1N. The normalized spacial score (nSPS) is 21.5. The number of hydrogen-bond acceptors (Lipinski definition) is 5. The summed E-state index contributed by atoms with van der Waals surface area (Å²) in [4.78, 5) is 2.01. The Balaban J connectivity index is 2.20.